The molecular formula is C24H31IN6. The number of hydrogen-bond acceptors (Lipinski definition) is 4. The number of hydrogen-bond donors (Lipinski definition) is 1. The summed E-state index contributed by atoms with van der Waals surface area (Å²) < 4.78 is 3.32. The number of pyridine rings is 2. The van der Waals surface area contributed by atoms with Crippen LogP contribution in [0.15, 0.2) is 61.4 Å². The summed E-state index contributed by atoms with van der Waals surface area (Å²) >= 11 is 2.24. The molecule has 0 aliphatic heterocycles. The zero-order valence-electron chi connectivity index (χ0n) is 19.0. The van der Waals surface area contributed by atoms with Crippen LogP contribution in [-0.2, 0) is 0 Å². The van der Waals surface area contributed by atoms with Gasteiger partial charge in [-0.15, -0.1) is 0 Å². The number of H-pyrrole nitrogens is 1. The van der Waals surface area contributed by atoms with Gasteiger partial charge in [0.1, 0.15) is 11.6 Å². The molecule has 31 heavy (non-hydrogen) atoms. The number of aryl methyl sites for hydroxylation is 2. The van der Waals surface area contributed by atoms with E-state index in [2.05, 4.69) is 86.0 Å². The lowest BCUT2D eigenvalue weighted by Crippen LogP contribution is -1.94. The molecule has 0 unspecified atom stereocenters. The number of aromatic nitrogens is 6. The fourth-order valence-corrected chi connectivity index (χ4v) is 2.93. The molecule has 0 fully saturated rings. The molecule has 0 bridgehead atoms. The Morgan fingerprint density at radius 2 is 1.45 bits per heavy atom. The summed E-state index contributed by atoms with van der Waals surface area (Å²) in [6.07, 6.45) is 11.1. The second-order valence-electron chi connectivity index (χ2n) is 7.69. The third-order valence-corrected chi connectivity index (χ3v) is 5.14. The first kappa shape index (κ1) is 24.7. The number of imidazole rings is 2. The Labute approximate surface area is 198 Å². The standard InChI is InChI=1S/C12H15N3.C7H12N2.C5H4IN/c1-9(2)12-8-15(10(3)14-12)11-4-6-13-7-5-11;1-5(2)7-4-8-6(3)9-7;6-5-1-3-7-4-2-5/h4-9H,1-3H3;4-5H,1-3H3,(H,8,9);1-4H. The molecule has 1 N–H and O–H groups in total. The van der Waals surface area contributed by atoms with Crippen LogP contribution in [0.2, 0.25) is 0 Å². The average molecular weight is 530 g/mol. The van der Waals surface area contributed by atoms with Crippen LogP contribution in [-0.4, -0.2) is 29.5 Å². The van der Waals surface area contributed by atoms with Crippen molar-refractivity contribution in [3.8, 4) is 5.69 Å². The molecule has 0 saturated heterocycles. The van der Waals surface area contributed by atoms with E-state index in [1.54, 1.807) is 24.8 Å². The molecular weight excluding hydrogens is 499 g/mol. The maximum atomic E-state index is 4.53. The molecule has 4 aromatic heterocycles. The van der Waals surface area contributed by atoms with Gasteiger partial charge in [-0.2, -0.15) is 0 Å². The molecule has 4 aromatic rings. The van der Waals surface area contributed by atoms with Crippen LogP contribution in [0.3, 0.4) is 0 Å². The van der Waals surface area contributed by atoms with Gasteiger partial charge in [-0.25, -0.2) is 9.97 Å². The first-order chi connectivity index (χ1) is 14.8. The van der Waals surface area contributed by atoms with E-state index in [-0.39, 0.29) is 0 Å². The van der Waals surface area contributed by atoms with Crippen molar-refractivity contribution in [2.24, 2.45) is 0 Å². The van der Waals surface area contributed by atoms with E-state index in [0.29, 0.717) is 11.8 Å². The second-order valence-corrected chi connectivity index (χ2v) is 8.93. The summed E-state index contributed by atoms with van der Waals surface area (Å²) in [6.45, 7) is 12.6. The first-order valence-corrected chi connectivity index (χ1v) is 11.4. The van der Waals surface area contributed by atoms with Crippen molar-refractivity contribution in [2.75, 3.05) is 0 Å². The Morgan fingerprint density at radius 3 is 1.81 bits per heavy atom. The van der Waals surface area contributed by atoms with Crippen LogP contribution in [0, 0.1) is 17.4 Å². The van der Waals surface area contributed by atoms with Gasteiger partial charge in [0.05, 0.1) is 5.69 Å². The zero-order chi connectivity index (χ0) is 22.8. The SMILES string of the molecule is Cc1nc(C(C)C)cn1-c1ccncc1.Cc1ncc(C(C)C)[nH]1.Ic1ccncc1. The van der Waals surface area contributed by atoms with Crippen LogP contribution in [0.1, 0.15) is 62.6 Å². The van der Waals surface area contributed by atoms with Crippen molar-refractivity contribution in [1.29, 1.82) is 0 Å². The lowest BCUT2D eigenvalue weighted by Gasteiger charge is -2.02. The summed E-state index contributed by atoms with van der Waals surface area (Å²) in [4.78, 5) is 19.6. The van der Waals surface area contributed by atoms with Crippen LogP contribution >= 0.6 is 22.6 Å². The topological polar surface area (TPSA) is 72.3 Å². The summed E-state index contributed by atoms with van der Waals surface area (Å²) in [5, 5.41) is 0. The number of nitrogens with one attached hydrogen (secondary N) is 1. The van der Waals surface area contributed by atoms with Crippen molar-refractivity contribution in [3.05, 3.63) is 88.1 Å². The number of aromatic amines is 1. The minimum absolute atomic E-state index is 0.465. The molecule has 0 atom stereocenters. The molecule has 0 aromatic carbocycles. The fraction of sp³-hybridized carbons (Fsp3) is 0.333. The zero-order valence-corrected chi connectivity index (χ0v) is 21.2. The van der Waals surface area contributed by atoms with Crippen molar-refractivity contribution in [1.82, 2.24) is 29.5 Å². The molecule has 0 amide bonds. The van der Waals surface area contributed by atoms with Gasteiger partial charge in [-0.1, -0.05) is 27.7 Å². The Balaban J connectivity index is 0.000000181. The quantitative estimate of drug-likeness (QED) is 0.319. The third kappa shape index (κ3) is 8.24. The molecule has 0 spiro atoms. The molecule has 0 aliphatic rings. The number of nitrogens with zero attached hydrogens (tertiary/aromatic N) is 5. The average Bonchev–Trinajstić information content (AvgIpc) is 3.36. The van der Waals surface area contributed by atoms with E-state index in [0.717, 1.165) is 23.0 Å². The summed E-state index contributed by atoms with van der Waals surface area (Å²) in [5.74, 6) is 3.04. The maximum absolute atomic E-state index is 4.53. The van der Waals surface area contributed by atoms with E-state index in [4.69, 9.17) is 0 Å². The highest BCUT2D eigenvalue weighted by Crippen LogP contribution is 2.17. The second kappa shape index (κ2) is 12.3. The molecule has 4 rings (SSSR count). The van der Waals surface area contributed by atoms with Crippen LogP contribution in [0.5, 0.6) is 0 Å². The highest BCUT2D eigenvalue weighted by atomic mass is 127. The first-order valence-electron chi connectivity index (χ1n) is 10.3. The highest BCUT2D eigenvalue weighted by molar-refractivity contribution is 14.1. The normalized spacial score (nSPS) is 10.4. The van der Waals surface area contributed by atoms with Gasteiger partial charge >= 0.3 is 0 Å². The largest absolute Gasteiger partial charge is 0.346 e. The van der Waals surface area contributed by atoms with Crippen LogP contribution < -0.4 is 0 Å². The minimum Gasteiger partial charge on any atom is -0.346 e. The Bertz CT molecular complexity index is 1020. The van der Waals surface area contributed by atoms with Gasteiger partial charge in [-0.3, -0.25) is 9.97 Å². The van der Waals surface area contributed by atoms with Gasteiger partial charge < -0.3 is 9.55 Å². The van der Waals surface area contributed by atoms with Crippen molar-refractivity contribution >= 4 is 22.6 Å². The Morgan fingerprint density at radius 1 is 0.871 bits per heavy atom. The summed E-state index contributed by atoms with van der Waals surface area (Å²) in [7, 11) is 0. The molecule has 4 heterocycles. The molecule has 164 valence electrons. The van der Waals surface area contributed by atoms with E-state index >= 15 is 0 Å². The van der Waals surface area contributed by atoms with Gasteiger partial charge in [0.2, 0.25) is 0 Å². The van der Waals surface area contributed by atoms with Gasteiger partial charge in [-0.05, 0) is 72.5 Å². The molecule has 6 nitrogen and oxygen atoms in total. The van der Waals surface area contributed by atoms with Gasteiger partial charge in [0.25, 0.3) is 0 Å². The smallest absolute Gasteiger partial charge is 0.110 e. The lowest BCUT2D eigenvalue weighted by atomic mass is 10.2. The molecule has 7 heteroatoms. The summed E-state index contributed by atoms with van der Waals surface area (Å²) in [6, 6.07) is 7.89. The van der Waals surface area contributed by atoms with Crippen molar-refractivity contribution in [2.45, 2.75) is 53.4 Å². The third-order valence-electron chi connectivity index (χ3n) is 4.42. The minimum atomic E-state index is 0.465. The van der Waals surface area contributed by atoms with E-state index in [1.807, 2.05) is 44.3 Å². The maximum Gasteiger partial charge on any atom is 0.110 e. The number of halogens is 1. The Kier molecular flexibility index (Phi) is 9.84. The lowest BCUT2D eigenvalue weighted by molar-refractivity contribution is 0.828. The predicted octanol–water partition coefficient (Wildman–Crippen LogP) is 6.23. The Hall–Kier alpha value is -2.55. The van der Waals surface area contributed by atoms with Gasteiger partial charge in [0, 0.05) is 52.1 Å². The fourth-order valence-electron chi connectivity index (χ4n) is 2.61. The number of rotatable bonds is 3. The van der Waals surface area contributed by atoms with E-state index < -0.39 is 0 Å². The predicted molar refractivity (Wildman–Crippen MR) is 135 cm³/mol. The van der Waals surface area contributed by atoms with Crippen molar-refractivity contribution in [3.63, 3.8) is 0 Å². The highest BCUT2D eigenvalue weighted by Gasteiger charge is 2.08. The van der Waals surface area contributed by atoms with Crippen LogP contribution in [0.25, 0.3) is 5.69 Å². The monoisotopic (exact) mass is 530 g/mol. The molecule has 0 radical (unpaired) electrons. The van der Waals surface area contributed by atoms with Crippen LogP contribution in [0.4, 0.5) is 0 Å². The van der Waals surface area contributed by atoms with Gasteiger partial charge in [0.15, 0.2) is 0 Å². The van der Waals surface area contributed by atoms with E-state index in [9.17, 15) is 0 Å². The molecule has 0 saturated carbocycles. The molecule has 0 aliphatic carbocycles. The summed E-state index contributed by atoms with van der Waals surface area (Å²) in [5.41, 5.74) is 3.46. The van der Waals surface area contributed by atoms with E-state index in [1.165, 1.54) is 9.26 Å². The van der Waals surface area contributed by atoms with Crippen molar-refractivity contribution < 1.29 is 0 Å².